The van der Waals surface area contributed by atoms with Crippen LogP contribution in [0.2, 0.25) is 0 Å². The van der Waals surface area contributed by atoms with Crippen LogP contribution in [0.3, 0.4) is 0 Å². The molecule has 2 amide bonds. The number of hydrogen-bond acceptors (Lipinski definition) is 2. The average molecular weight is 274 g/mol. The van der Waals surface area contributed by atoms with Crippen LogP contribution in [0.15, 0.2) is 30.5 Å². The van der Waals surface area contributed by atoms with Gasteiger partial charge in [-0.3, -0.25) is 0 Å². The van der Waals surface area contributed by atoms with Crippen molar-refractivity contribution in [2.24, 2.45) is 0 Å². The zero-order chi connectivity index (χ0) is 14.4. The third kappa shape index (κ3) is 3.51. The van der Waals surface area contributed by atoms with Crippen molar-refractivity contribution in [3.05, 3.63) is 30.5 Å². The number of urea groups is 1. The van der Waals surface area contributed by atoms with Crippen molar-refractivity contribution in [3.8, 4) is 0 Å². The van der Waals surface area contributed by atoms with E-state index in [0.717, 1.165) is 36.2 Å². The summed E-state index contributed by atoms with van der Waals surface area (Å²) in [6.45, 7) is 7.76. The second kappa shape index (κ2) is 6.96. The van der Waals surface area contributed by atoms with Gasteiger partial charge in [0, 0.05) is 30.2 Å². The first-order valence-electron chi connectivity index (χ1n) is 7.08. The van der Waals surface area contributed by atoms with E-state index < -0.39 is 0 Å². The molecule has 1 heterocycles. The van der Waals surface area contributed by atoms with E-state index >= 15 is 0 Å². The van der Waals surface area contributed by atoms with Crippen LogP contribution in [0.25, 0.3) is 10.9 Å². The Balaban J connectivity index is 1.85. The number of aromatic amines is 1. The summed E-state index contributed by atoms with van der Waals surface area (Å²) < 4.78 is 0. The molecule has 2 rings (SSSR count). The number of H-pyrrole nitrogens is 1. The van der Waals surface area contributed by atoms with Gasteiger partial charge in [-0.25, -0.2) is 4.79 Å². The number of rotatable bonds is 6. The van der Waals surface area contributed by atoms with Gasteiger partial charge in [-0.05, 0) is 19.2 Å². The Kier molecular flexibility index (Phi) is 5.01. The Labute approximate surface area is 119 Å². The summed E-state index contributed by atoms with van der Waals surface area (Å²) in [6, 6.07) is 7.73. The van der Waals surface area contributed by atoms with Gasteiger partial charge in [0.25, 0.3) is 0 Å². The summed E-state index contributed by atoms with van der Waals surface area (Å²) in [6.07, 6.45) is 1.81. The predicted molar refractivity (Wildman–Crippen MR) is 83.1 cm³/mol. The first-order chi connectivity index (χ1) is 9.74. The summed E-state index contributed by atoms with van der Waals surface area (Å²) in [5.41, 5.74) is 1.83. The van der Waals surface area contributed by atoms with Crippen LogP contribution < -0.4 is 10.6 Å². The lowest BCUT2D eigenvalue weighted by atomic mass is 10.2. The van der Waals surface area contributed by atoms with E-state index in [9.17, 15) is 4.79 Å². The SMILES string of the molecule is CCN(CC)CCNC(=O)Nc1c[nH]c2ccccc12. The van der Waals surface area contributed by atoms with E-state index in [2.05, 4.69) is 34.4 Å². The summed E-state index contributed by atoms with van der Waals surface area (Å²) in [5, 5.41) is 6.77. The van der Waals surface area contributed by atoms with Gasteiger partial charge >= 0.3 is 6.03 Å². The summed E-state index contributed by atoms with van der Waals surface area (Å²) in [5.74, 6) is 0. The molecule has 3 N–H and O–H groups in total. The molecule has 1 aromatic carbocycles. The number of carbonyl (C=O) groups excluding carboxylic acids is 1. The molecular formula is C15H22N4O. The molecule has 0 saturated carbocycles. The molecular weight excluding hydrogens is 252 g/mol. The molecule has 1 aromatic heterocycles. The van der Waals surface area contributed by atoms with Gasteiger partial charge in [0.2, 0.25) is 0 Å². The maximum absolute atomic E-state index is 11.9. The van der Waals surface area contributed by atoms with Crippen LogP contribution in [0, 0.1) is 0 Å². The lowest BCUT2D eigenvalue weighted by molar-refractivity contribution is 0.248. The van der Waals surface area contributed by atoms with Crippen molar-refractivity contribution in [1.82, 2.24) is 15.2 Å². The highest BCUT2D eigenvalue weighted by atomic mass is 16.2. The number of likely N-dealkylation sites (N-methyl/N-ethyl adjacent to an activating group) is 1. The maximum atomic E-state index is 11.9. The first-order valence-corrected chi connectivity index (χ1v) is 7.08. The molecule has 0 aliphatic heterocycles. The van der Waals surface area contributed by atoms with Gasteiger partial charge < -0.3 is 20.5 Å². The lowest BCUT2D eigenvalue weighted by Gasteiger charge is -2.18. The van der Waals surface area contributed by atoms with E-state index in [-0.39, 0.29) is 6.03 Å². The van der Waals surface area contributed by atoms with Crippen molar-refractivity contribution in [2.75, 3.05) is 31.5 Å². The number of para-hydroxylation sites is 1. The smallest absolute Gasteiger partial charge is 0.319 e. The van der Waals surface area contributed by atoms with Gasteiger partial charge in [-0.1, -0.05) is 32.0 Å². The molecule has 0 bridgehead atoms. The zero-order valence-electron chi connectivity index (χ0n) is 12.1. The zero-order valence-corrected chi connectivity index (χ0v) is 12.1. The number of aromatic nitrogens is 1. The van der Waals surface area contributed by atoms with Gasteiger partial charge in [-0.2, -0.15) is 0 Å². The molecule has 108 valence electrons. The Morgan fingerprint density at radius 3 is 2.75 bits per heavy atom. The van der Waals surface area contributed by atoms with E-state index in [0.29, 0.717) is 6.54 Å². The molecule has 0 atom stereocenters. The fraction of sp³-hybridized carbons (Fsp3) is 0.400. The third-order valence-electron chi connectivity index (χ3n) is 3.45. The number of fused-ring (bicyclic) bond motifs is 1. The van der Waals surface area contributed by atoms with Crippen LogP contribution in [-0.2, 0) is 0 Å². The Bertz CT molecular complexity index is 560. The quantitative estimate of drug-likeness (QED) is 0.758. The molecule has 0 fully saturated rings. The van der Waals surface area contributed by atoms with E-state index in [1.54, 1.807) is 0 Å². The van der Waals surface area contributed by atoms with E-state index in [1.807, 2.05) is 30.5 Å². The van der Waals surface area contributed by atoms with Crippen LogP contribution in [0.4, 0.5) is 10.5 Å². The number of amides is 2. The average Bonchev–Trinajstić information content (AvgIpc) is 2.87. The molecule has 0 aliphatic rings. The van der Waals surface area contributed by atoms with Crippen molar-refractivity contribution >= 4 is 22.6 Å². The maximum Gasteiger partial charge on any atom is 0.319 e. The van der Waals surface area contributed by atoms with Crippen LogP contribution in [0.1, 0.15) is 13.8 Å². The van der Waals surface area contributed by atoms with Crippen LogP contribution in [-0.4, -0.2) is 42.1 Å². The summed E-state index contributed by atoms with van der Waals surface area (Å²) in [4.78, 5) is 17.3. The van der Waals surface area contributed by atoms with Crippen LogP contribution in [0.5, 0.6) is 0 Å². The number of carbonyl (C=O) groups is 1. The third-order valence-corrected chi connectivity index (χ3v) is 3.45. The minimum atomic E-state index is -0.165. The van der Waals surface area contributed by atoms with Crippen molar-refractivity contribution < 1.29 is 4.79 Å². The summed E-state index contributed by atoms with van der Waals surface area (Å²) >= 11 is 0. The van der Waals surface area contributed by atoms with Gasteiger partial charge in [-0.15, -0.1) is 0 Å². The fourth-order valence-electron chi connectivity index (χ4n) is 2.21. The van der Waals surface area contributed by atoms with Crippen LogP contribution >= 0.6 is 0 Å². The molecule has 5 heteroatoms. The Morgan fingerprint density at radius 1 is 1.25 bits per heavy atom. The molecule has 0 saturated heterocycles. The highest BCUT2D eigenvalue weighted by Gasteiger charge is 2.07. The standard InChI is InChI=1S/C15H22N4O/c1-3-19(4-2)10-9-16-15(20)18-14-11-17-13-8-6-5-7-12(13)14/h5-8,11,17H,3-4,9-10H2,1-2H3,(H2,16,18,20). The molecule has 0 radical (unpaired) electrons. The molecule has 2 aromatic rings. The van der Waals surface area contributed by atoms with Gasteiger partial charge in [0.1, 0.15) is 0 Å². The number of benzene rings is 1. The highest BCUT2D eigenvalue weighted by molar-refractivity contribution is 6.00. The highest BCUT2D eigenvalue weighted by Crippen LogP contribution is 2.22. The van der Waals surface area contributed by atoms with Gasteiger partial charge in [0.05, 0.1) is 5.69 Å². The number of nitrogens with one attached hydrogen (secondary N) is 3. The topological polar surface area (TPSA) is 60.2 Å². The molecule has 0 spiro atoms. The lowest BCUT2D eigenvalue weighted by Crippen LogP contribution is -2.36. The molecule has 20 heavy (non-hydrogen) atoms. The minimum absolute atomic E-state index is 0.165. The molecule has 5 nitrogen and oxygen atoms in total. The number of nitrogens with zero attached hydrogens (tertiary/aromatic N) is 1. The van der Waals surface area contributed by atoms with Gasteiger partial charge in [0.15, 0.2) is 0 Å². The second-order valence-electron chi connectivity index (χ2n) is 4.66. The molecule has 0 unspecified atom stereocenters. The monoisotopic (exact) mass is 274 g/mol. The Morgan fingerprint density at radius 2 is 2.00 bits per heavy atom. The summed E-state index contributed by atoms with van der Waals surface area (Å²) in [7, 11) is 0. The van der Waals surface area contributed by atoms with E-state index in [1.165, 1.54) is 0 Å². The Hall–Kier alpha value is -2.01. The van der Waals surface area contributed by atoms with E-state index in [4.69, 9.17) is 0 Å². The second-order valence-corrected chi connectivity index (χ2v) is 4.66. The largest absolute Gasteiger partial charge is 0.359 e. The van der Waals surface area contributed by atoms with Crippen molar-refractivity contribution in [2.45, 2.75) is 13.8 Å². The normalized spacial score (nSPS) is 10.9. The van der Waals surface area contributed by atoms with Crippen molar-refractivity contribution in [1.29, 1.82) is 0 Å². The minimum Gasteiger partial charge on any atom is -0.359 e. The predicted octanol–water partition coefficient (Wildman–Crippen LogP) is 2.63. The fourth-order valence-corrected chi connectivity index (χ4v) is 2.21. The molecule has 0 aliphatic carbocycles. The number of hydrogen-bond donors (Lipinski definition) is 3. The van der Waals surface area contributed by atoms with Crippen molar-refractivity contribution in [3.63, 3.8) is 0 Å². The first kappa shape index (κ1) is 14.4. The number of anilines is 1.